The second-order valence-electron chi connectivity index (χ2n) is 4.91. The Morgan fingerprint density at radius 3 is 2.35 bits per heavy atom. The summed E-state index contributed by atoms with van der Waals surface area (Å²) in [7, 11) is 2.07. The second kappa shape index (κ2) is 6.55. The van der Waals surface area contributed by atoms with Gasteiger partial charge in [-0.15, -0.1) is 0 Å². The summed E-state index contributed by atoms with van der Waals surface area (Å²) in [5.74, 6) is 0.101. The van der Waals surface area contributed by atoms with Gasteiger partial charge in [0, 0.05) is 23.7 Å². The van der Waals surface area contributed by atoms with Crippen LogP contribution < -0.4 is 5.73 Å². The van der Waals surface area contributed by atoms with Crippen LogP contribution in [0.5, 0.6) is 0 Å². The van der Waals surface area contributed by atoms with Gasteiger partial charge in [-0.25, -0.2) is 0 Å². The maximum absolute atomic E-state index is 7.37. The summed E-state index contributed by atoms with van der Waals surface area (Å²) in [5, 5.41) is 8.14. The first-order chi connectivity index (χ1) is 9.54. The minimum absolute atomic E-state index is 0.101. The number of nitrogens with zero attached hydrogens (tertiary/aromatic N) is 1. The fourth-order valence-corrected chi connectivity index (χ4v) is 2.32. The zero-order chi connectivity index (χ0) is 14.5. The average Bonchev–Trinajstić information content (AvgIpc) is 2.39. The molecule has 104 valence electrons. The number of nitrogens with one attached hydrogen (secondary N) is 1. The van der Waals surface area contributed by atoms with E-state index in [1.54, 1.807) is 0 Å². The van der Waals surface area contributed by atoms with E-state index in [2.05, 4.69) is 18.0 Å². The van der Waals surface area contributed by atoms with Crippen LogP contribution in [0.4, 0.5) is 0 Å². The van der Waals surface area contributed by atoms with Gasteiger partial charge in [0.15, 0.2) is 0 Å². The second-order valence-corrected chi connectivity index (χ2v) is 5.35. The molecule has 3 N–H and O–H groups in total. The summed E-state index contributed by atoms with van der Waals surface area (Å²) in [4.78, 5) is 2.22. The highest BCUT2D eigenvalue weighted by Crippen LogP contribution is 2.13. The predicted molar refractivity (Wildman–Crippen MR) is 84.1 cm³/mol. The number of hydrogen-bond acceptors (Lipinski definition) is 2. The number of benzene rings is 2. The number of hydrogen-bond donors (Lipinski definition) is 2. The van der Waals surface area contributed by atoms with Crippen LogP contribution in [0.2, 0.25) is 5.02 Å². The highest BCUT2D eigenvalue weighted by Gasteiger charge is 2.03. The normalized spacial score (nSPS) is 10.8. The van der Waals surface area contributed by atoms with Crippen molar-refractivity contribution in [1.82, 2.24) is 4.90 Å². The van der Waals surface area contributed by atoms with E-state index < -0.39 is 0 Å². The molecule has 0 saturated heterocycles. The minimum Gasteiger partial charge on any atom is -0.384 e. The van der Waals surface area contributed by atoms with Crippen molar-refractivity contribution in [3.8, 4) is 0 Å². The lowest BCUT2D eigenvalue weighted by Crippen LogP contribution is -2.17. The summed E-state index contributed by atoms with van der Waals surface area (Å²) >= 11 is 5.99. The monoisotopic (exact) mass is 287 g/mol. The molecular formula is C16H18ClN3. The van der Waals surface area contributed by atoms with Crippen LogP contribution in [0, 0.1) is 5.41 Å². The van der Waals surface area contributed by atoms with E-state index in [1.165, 1.54) is 11.1 Å². The maximum Gasteiger partial charge on any atom is 0.122 e. The Hall–Kier alpha value is -1.84. The van der Waals surface area contributed by atoms with Crippen molar-refractivity contribution in [2.75, 3.05) is 7.05 Å². The smallest absolute Gasteiger partial charge is 0.122 e. The number of nitrogen functional groups attached to an aromatic ring is 1. The van der Waals surface area contributed by atoms with Gasteiger partial charge in [-0.3, -0.25) is 10.3 Å². The van der Waals surface area contributed by atoms with E-state index in [9.17, 15) is 0 Å². The molecule has 0 unspecified atom stereocenters. The number of amidine groups is 1. The van der Waals surface area contributed by atoms with Crippen LogP contribution in [-0.2, 0) is 13.1 Å². The third-order valence-corrected chi connectivity index (χ3v) is 3.29. The van der Waals surface area contributed by atoms with E-state index in [0.29, 0.717) is 0 Å². The summed E-state index contributed by atoms with van der Waals surface area (Å²) < 4.78 is 0. The molecule has 20 heavy (non-hydrogen) atoms. The molecule has 0 saturated carbocycles. The molecule has 2 aromatic carbocycles. The van der Waals surface area contributed by atoms with Crippen LogP contribution in [0.25, 0.3) is 0 Å². The Morgan fingerprint density at radius 1 is 1.10 bits per heavy atom. The summed E-state index contributed by atoms with van der Waals surface area (Å²) in [6, 6.07) is 15.7. The maximum atomic E-state index is 7.37. The van der Waals surface area contributed by atoms with Gasteiger partial charge in [0.1, 0.15) is 5.84 Å². The van der Waals surface area contributed by atoms with Crippen molar-refractivity contribution in [3.05, 3.63) is 70.2 Å². The van der Waals surface area contributed by atoms with Crippen molar-refractivity contribution < 1.29 is 0 Å². The van der Waals surface area contributed by atoms with E-state index in [1.807, 2.05) is 42.5 Å². The van der Waals surface area contributed by atoms with Crippen LogP contribution in [0.3, 0.4) is 0 Å². The van der Waals surface area contributed by atoms with Gasteiger partial charge >= 0.3 is 0 Å². The molecule has 0 aromatic heterocycles. The van der Waals surface area contributed by atoms with Gasteiger partial charge < -0.3 is 5.73 Å². The molecule has 0 fully saturated rings. The number of halogens is 1. The molecule has 4 heteroatoms. The molecular weight excluding hydrogens is 270 g/mol. The summed E-state index contributed by atoms with van der Waals surface area (Å²) in [5.41, 5.74) is 8.59. The largest absolute Gasteiger partial charge is 0.384 e. The van der Waals surface area contributed by atoms with Gasteiger partial charge in [-0.05, 0) is 30.3 Å². The van der Waals surface area contributed by atoms with Crippen molar-refractivity contribution in [2.24, 2.45) is 5.73 Å². The van der Waals surface area contributed by atoms with E-state index >= 15 is 0 Å². The lowest BCUT2D eigenvalue weighted by atomic mass is 10.1. The summed E-state index contributed by atoms with van der Waals surface area (Å²) in [6.45, 7) is 1.68. The fraction of sp³-hybridized carbons (Fsp3) is 0.188. The molecule has 0 aliphatic carbocycles. The van der Waals surface area contributed by atoms with E-state index in [0.717, 1.165) is 23.7 Å². The third kappa shape index (κ3) is 4.08. The van der Waals surface area contributed by atoms with Gasteiger partial charge in [0.05, 0.1) is 0 Å². The Morgan fingerprint density at radius 2 is 1.75 bits per heavy atom. The molecule has 0 spiro atoms. The Bertz CT molecular complexity index is 593. The van der Waals surface area contributed by atoms with Crippen molar-refractivity contribution in [3.63, 3.8) is 0 Å². The van der Waals surface area contributed by atoms with Gasteiger partial charge in [0.2, 0.25) is 0 Å². The number of nitrogens with two attached hydrogens (primary N) is 1. The van der Waals surface area contributed by atoms with Gasteiger partial charge in [-0.1, -0.05) is 48.0 Å². The minimum atomic E-state index is 0.101. The van der Waals surface area contributed by atoms with Crippen molar-refractivity contribution in [1.29, 1.82) is 5.41 Å². The van der Waals surface area contributed by atoms with Crippen LogP contribution in [-0.4, -0.2) is 17.8 Å². The highest BCUT2D eigenvalue weighted by molar-refractivity contribution is 6.30. The lowest BCUT2D eigenvalue weighted by Gasteiger charge is -2.17. The topological polar surface area (TPSA) is 53.1 Å². The molecule has 3 nitrogen and oxygen atoms in total. The first-order valence-corrected chi connectivity index (χ1v) is 6.79. The first-order valence-electron chi connectivity index (χ1n) is 6.41. The molecule has 0 aliphatic heterocycles. The average molecular weight is 288 g/mol. The molecule has 0 aliphatic rings. The first kappa shape index (κ1) is 14.6. The van der Waals surface area contributed by atoms with E-state index in [-0.39, 0.29) is 5.84 Å². The molecule has 0 bridgehead atoms. The SMILES string of the molecule is CN(Cc1ccc(C(=N)N)cc1)Cc1cccc(Cl)c1. The third-order valence-electron chi connectivity index (χ3n) is 3.06. The molecule has 2 aromatic rings. The van der Waals surface area contributed by atoms with Gasteiger partial charge in [0.25, 0.3) is 0 Å². The predicted octanol–water partition coefficient (Wildman–Crippen LogP) is 3.26. The van der Waals surface area contributed by atoms with Crippen molar-refractivity contribution >= 4 is 17.4 Å². The standard InChI is InChI=1S/C16H18ClN3/c1-20(11-13-3-2-4-15(17)9-13)10-12-5-7-14(8-6-12)16(18)19/h2-9H,10-11H2,1H3,(H3,18,19). The quantitative estimate of drug-likeness (QED) is 0.655. The molecule has 0 amide bonds. The van der Waals surface area contributed by atoms with Crippen LogP contribution in [0.1, 0.15) is 16.7 Å². The summed E-state index contributed by atoms with van der Waals surface area (Å²) in [6.07, 6.45) is 0. The lowest BCUT2D eigenvalue weighted by molar-refractivity contribution is 0.319. The van der Waals surface area contributed by atoms with Crippen LogP contribution >= 0.6 is 11.6 Å². The number of rotatable bonds is 5. The zero-order valence-electron chi connectivity index (χ0n) is 11.4. The van der Waals surface area contributed by atoms with Gasteiger partial charge in [-0.2, -0.15) is 0 Å². The highest BCUT2D eigenvalue weighted by atomic mass is 35.5. The Kier molecular flexibility index (Phi) is 4.77. The molecule has 0 radical (unpaired) electrons. The molecule has 0 heterocycles. The Labute approximate surface area is 124 Å². The van der Waals surface area contributed by atoms with Crippen molar-refractivity contribution in [2.45, 2.75) is 13.1 Å². The van der Waals surface area contributed by atoms with Crippen LogP contribution in [0.15, 0.2) is 48.5 Å². The van der Waals surface area contributed by atoms with E-state index in [4.69, 9.17) is 22.7 Å². The zero-order valence-corrected chi connectivity index (χ0v) is 12.2. The molecule has 0 atom stereocenters. The Balaban J connectivity index is 1.97. The fourth-order valence-electron chi connectivity index (χ4n) is 2.10. The molecule has 2 rings (SSSR count).